The molecule has 1 unspecified atom stereocenters. The van der Waals surface area contributed by atoms with Crippen LogP contribution >= 0.6 is 0 Å². The third-order valence-corrected chi connectivity index (χ3v) is 2.64. The highest BCUT2D eigenvalue weighted by atomic mass is 19.1. The first-order valence-corrected chi connectivity index (χ1v) is 5.68. The second kappa shape index (κ2) is 5.44. The van der Waals surface area contributed by atoms with E-state index in [-0.39, 0.29) is 17.8 Å². The van der Waals surface area contributed by atoms with Gasteiger partial charge in [0.15, 0.2) is 0 Å². The molecule has 0 spiro atoms. The standard InChI is InChI=1S/C13H14FN3O/c1-10(17-7-6-15-9-17)8-13(18)16-12-4-2-11(14)3-5-12/h2-7,9-10H,8H2,1H3,(H,16,18). The monoisotopic (exact) mass is 247 g/mol. The van der Waals surface area contributed by atoms with Crippen LogP contribution in [0.25, 0.3) is 0 Å². The molecule has 1 amide bonds. The highest BCUT2D eigenvalue weighted by Crippen LogP contribution is 2.13. The highest BCUT2D eigenvalue weighted by Gasteiger charge is 2.10. The van der Waals surface area contributed by atoms with Gasteiger partial charge in [0, 0.05) is 30.5 Å². The lowest BCUT2D eigenvalue weighted by molar-refractivity contribution is -0.116. The van der Waals surface area contributed by atoms with E-state index in [9.17, 15) is 9.18 Å². The third kappa shape index (κ3) is 3.16. The minimum absolute atomic E-state index is 0.0351. The summed E-state index contributed by atoms with van der Waals surface area (Å²) in [5.41, 5.74) is 0.597. The molecule has 0 aliphatic carbocycles. The van der Waals surface area contributed by atoms with E-state index in [1.807, 2.05) is 17.7 Å². The molecule has 0 aliphatic heterocycles. The van der Waals surface area contributed by atoms with Gasteiger partial charge in [0.05, 0.1) is 6.33 Å². The van der Waals surface area contributed by atoms with Crippen LogP contribution in [0.4, 0.5) is 10.1 Å². The van der Waals surface area contributed by atoms with Crippen LogP contribution in [0.3, 0.4) is 0 Å². The molecule has 94 valence electrons. The molecule has 18 heavy (non-hydrogen) atoms. The Balaban J connectivity index is 1.91. The van der Waals surface area contributed by atoms with Crippen molar-refractivity contribution in [1.82, 2.24) is 9.55 Å². The van der Waals surface area contributed by atoms with Gasteiger partial charge in [0.1, 0.15) is 5.82 Å². The molecule has 1 aromatic heterocycles. The molecular weight excluding hydrogens is 233 g/mol. The van der Waals surface area contributed by atoms with Crippen molar-refractivity contribution in [3.8, 4) is 0 Å². The molecule has 0 radical (unpaired) electrons. The molecular formula is C13H14FN3O. The molecule has 0 saturated heterocycles. The van der Waals surface area contributed by atoms with Gasteiger partial charge in [-0.1, -0.05) is 0 Å². The third-order valence-electron chi connectivity index (χ3n) is 2.64. The second-order valence-electron chi connectivity index (χ2n) is 4.12. The molecule has 0 fully saturated rings. The smallest absolute Gasteiger partial charge is 0.226 e. The van der Waals surface area contributed by atoms with Gasteiger partial charge in [-0.3, -0.25) is 4.79 Å². The number of carbonyl (C=O) groups excluding carboxylic acids is 1. The summed E-state index contributed by atoms with van der Waals surface area (Å²) in [6.07, 6.45) is 5.51. The number of carbonyl (C=O) groups is 1. The number of benzene rings is 1. The number of aromatic nitrogens is 2. The van der Waals surface area contributed by atoms with Crippen LogP contribution in [0.15, 0.2) is 43.0 Å². The molecule has 0 aliphatic rings. The van der Waals surface area contributed by atoms with Crippen molar-refractivity contribution < 1.29 is 9.18 Å². The predicted molar refractivity (Wildman–Crippen MR) is 66.6 cm³/mol. The van der Waals surface area contributed by atoms with E-state index in [4.69, 9.17) is 0 Å². The Labute approximate surface area is 104 Å². The number of rotatable bonds is 4. The van der Waals surface area contributed by atoms with Crippen LogP contribution in [-0.4, -0.2) is 15.5 Å². The van der Waals surface area contributed by atoms with Crippen molar-refractivity contribution in [2.45, 2.75) is 19.4 Å². The fourth-order valence-electron chi connectivity index (χ4n) is 1.65. The molecule has 0 bridgehead atoms. The molecule has 1 atom stereocenters. The van der Waals surface area contributed by atoms with E-state index in [0.29, 0.717) is 12.1 Å². The van der Waals surface area contributed by atoms with Crippen LogP contribution in [-0.2, 0) is 4.79 Å². The van der Waals surface area contributed by atoms with E-state index in [2.05, 4.69) is 10.3 Å². The normalized spacial score (nSPS) is 12.1. The van der Waals surface area contributed by atoms with Gasteiger partial charge < -0.3 is 9.88 Å². The van der Waals surface area contributed by atoms with Gasteiger partial charge in [-0.2, -0.15) is 0 Å². The largest absolute Gasteiger partial charge is 0.334 e. The molecule has 2 rings (SSSR count). The summed E-state index contributed by atoms with van der Waals surface area (Å²) in [5.74, 6) is -0.428. The van der Waals surface area contributed by atoms with Crippen molar-refractivity contribution in [3.05, 3.63) is 48.8 Å². The summed E-state index contributed by atoms with van der Waals surface area (Å²) in [6.45, 7) is 1.94. The van der Waals surface area contributed by atoms with E-state index < -0.39 is 0 Å². The average molecular weight is 247 g/mol. The van der Waals surface area contributed by atoms with Gasteiger partial charge in [-0.25, -0.2) is 9.37 Å². The zero-order valence-corrected chi connectivity index (χ0v) is 10.0. The fourth-order valence-corrected chi connectivity index (χ4v) is 1.65. The number of amides is 1. The van der Waals surface area contributed by atoms with Gasteiger partial charge in [-0.05, 0) is 31.2 Å². The highest BCUT2D eigenvalue weighted by molar-refractivity contribution is 5.90. The Bertz CT molecular complexity index is 508. The number of nitrogens with one attached hydrogen (secondary N) is 1. The van der Waals surface area contributed by atoms with Gasteiger partial charge in [0.25, 0.3) is 0 Å². The van der Waals surface area contributed by atoms with Crippen LogP contribution in [0.1, 0.15) is 19.4 Å². The van der Waals surface area contributed by atoms with E-state index in [1.54, 1.807) is 12.5 Å². The Morgan fingerprint density at radius 3 is 2.78 bits per heavy atom. The van der Waals surface area contributed by atoms with Crippen molar-refractivity contribution in [2.75, 3.05) is 5.32 Å². The Kier molecular flexibility index (Phi) is 3.72. The SMILES string of the molecule is CC(CC(=O)Nc1ccc(F)cc1)n1ccnc1. The van der Waals surface area contributed by atoms with Crippen molar-refractivity contribution >= 4 is 11.6 Å². The minimum atomic E-state index is -0.320. The van der Waals surface area contributed by atoms with Crippen molar-refractivity contribution in [2.24, 2.45) is 0 Å². The van der Waals surface area contributed by atoms with Crippen molar-refractivity contribution in [3.63, 3.8) is 0 Å². The van der Waals surface area contributed by atoms with Crippen LogP contribution in [0.5, 0.6) is 0 Å². The maximum Gasteiger partial charge on any atom is 0.226 e. The Morgan fingerprint density at radius 1 is 1.44 bits per heavy atom. The summed E-state index contributed by atoms with van der Waals surface area (Å²) < 4.78 is 14.6. The number of hydrogen-bond acceptors (Lipinski definition) is 2. The molecule has 1 heterocycles. The molecule has 1 aromatic carbocycles. The van der Waals surface area contributed by atoms with Crippen LogP contribution in [0.2, 0.25) is 0 Å². The number of nitrogens with zero attached hydrogens (tertiary/aromatic N) is 2. The van der Waals surface area contributed by atoms with E-state index in [1.165, 1.54) is 24.3 Å². The predicted octanol–water partition coefficient (Wildman–Crippen LogP) is 2.61. The average Bonchev–Trinajstić information content (AvgIpc) is 2.85. The second-order valence-corrected chi connectivity index (χ2v) is 4.12. The molecule has 2 aromatic rings. The Morgan fingerprint density at radius 2 is 2.17 bits per heavy atom. The topological polar surface area (TPSA) is 46.9 Å². The number of hydrogen-bond donors (Lipinski definition) is 1. The lowest BCUT2D eigenvalue weighted by Gasteiger charge is -2.12. The number of anilines is 1. The summed E-state index contributed by atoms with van der Waals surface area (Å²) in [7, 11) is 0. The maximum absolute atomic E-state index is 12.7. The lowest BCUT2D eigenvalue weighted by Crippen LogP contribution is -2.16. The first-order valence-electron chi connectivity index (χ1n) is 5.68. The molecule has 4 nitrogen and oxygen atoms in total. The molecule has 1 N–H and O–H groups in total. The molecule has 0 saturated carbocycles. The van der Waals surface area contributed by atoms with Crippen LogP contribution in [0, 0.1) is 5.82 Å². The zero-order chi connectivity index (χ0) is 13.0. The van der Waals surface area contributed by atoms with Gasteiger partial charge >= 0.3 is 0 Å². The first-order chi connectivity index (χ1) is 8.65. The quantitative estimate of drug-likeness (QED) is 0.902. The summed E-state index contributed by atoms with van der Waals surface area (Å²) in [4.78, 5) is 15.7. The van der Waals surface area contributed by atoms with Crippen molar-refractivity contribution in [1.29, 1.82) is 0 Å². The zero-order valence-electron chi connectivity index (χ0n) is 10.0. The van der Waals surface area contributed by atoms with E-state index >= 15 is 0 Å². The van der Waals surface area contributed by atoms with E-state index in [0.717, 1.165) is 0 Å². The number of halogens is 1. The summed E-state index contributed by atoms with van der Waals surface area (Å²) >= 11 is 0. The van der Waals surface area contributed by atoms with Crippen LogP contribution < -0.4 is 5.32 Å². The number of imidazole rings is 1. The minimum Gasteiger partial charge on any atom is -0.334 e. The summed E-state index contributed by atoms with van der Waals surface area (Å²) in [5, 5.41) is 2.72. The van der Waals surface area contributed by atoms with Gasteiger partial charge in [0.2, 0.25) is 5.91 Å². The molecule has 5 heteroatoms. The lowest BCUT2D eigenvalue weighted by atomic mass is 10.2. The summed E-state index contributed by atoms with van der Waals surface area (Å²) in [6, 6.07) is 5.74. The first kappa shape index (κ1) is 12.3. The fraction of sp³-hybridized carbons (Fsp3) is 0.231. The maximum atomic E-state index is 12.7. The Hall–Kier alpha value is -2.17. The van der Waals surface area contributed by atoms with Gasteiger partial charge in [-0.15, -0.1) is 0 Å².